The zero-order valence-electron chi connectivity index (χ0n) is 20.5. The predicted molar refractivity (Wildman–Crippen MR) is 140 cm³/mol. The average molecular weight is 447 g/mol. The Morgan fingerprint density at radius 2 is 1.52 bits per heavy atom. The van der Waals surface area contributed by atoms with Crippen molar-refractivity contribution in [2.24, 2.45) is 0 Å². The number of hydrogen-bond donors (Lipinski definition) is 2. The van der Waals surface area contributed by atoms with Gasteiger partial charge in [0.25, 0.3) is 0 Å². The first-order chi connectivity index (χ1) is 16.1. The molecule has 6 nitrogen and oxygen atoms in total. The SMILES string of the molecule is CCN(CC)c1ccc(CN[C@H]2CC[C@@H](Nc3nc(N(C)C)c4ccccc4n3)CC2)cc1. The van der Waals surface area contributed by atoms with E-state index >= 15 is 0 Å². The number of fused-ring (bicyclic) bond motifs is 1. The van der Waals surface area contributed by atoms with Gasteiger partial charge in [-0.3, -0.25) is 0 Å². The molecule has 0 aliphatic heterocycles. The Balaban J connectivity index is 1.29. The van der Waals surface area contributed by atoms with Crippen LogP contribution in [0.4, 0.5) is 17.5 Å². The zero-order chi connectivity index (χ0) is 23.2. The number of rotatable bonds is 9. The molecule has 0 unspecified atom stereocenters. The smallest absolute Gasteiger partial charge is 0.225 e. The van der Waals surface area contributed by atoms with Crippen LogP contribution in [0.2, 0.25) is 0 Å². The van der Waals surface area contributed by atoms with Crippen LogP contribution in [0, 0.1) is 0 Å². The van der Waals surface area contributed by atoms with E-state index in [0.29, 0.717) is 12.1 Å². The van der Waals surface area contributed by atoms with E-state index in [4.69, 9.17) is 9.97 Å². The summed E-state index contributed by atoms with van der Waals surface area (Å²) >= 11 is 0. The molecule has 0 spiro atoms. The third-order valence-corrected chi connectivity index (χ3v) is 6.73. The van der Waals surface area contributed by atoms with Crippen molar-refractivity contribution in [2.45, 2.75) is 58.2 Å². The molecule has 0 atom stereocenters. The topological polar surface area (TPSA) is 56.3 Å². The summed E-state index contributed by atoms with van der Waals surface area (Å²) < 4.78 is 0. The lowest BCUT2D eigenvalue weighted by molar-refractivity contribution is 0.352. The largest absolute Gasteiger partial charge is 0.372 e. The molecule has 0 saturated heterocycles. The predicted octanol–water partition coefficient (Wildman–Crippen LogP) is 5.05. The molecule has 1 aromatic heterocycles. The molecule has 4 rings (SSSR count). The molecule has 0 radical (unpaired) electrons. The Kier molecular flexibility index (Phi) is 7.65. The number of aromatic nitrogens is 2. The lowest BCUT2D eigenvalue weighted by Crippen LogP contribution is -2.37. The van der Waals surface area contributed by atoms with Crippen LogP contribution >= 0.6 is 0 Å². The molecule has 2 aromatic carbocycles. The highest BCUT2D eigenvalue weighted by molar-refractivity contribution is 5.90. The zero-order valence-corrected chi connectivity index (χ0v) is 20.5. The van der Waals surface area contributed by atoms with E-state index < -0.39 is 0 Å². The maximum absolute atomic E-state index is 4.81. The standard InChI is InChI=1S/C27H38N6/c1-5-33(6-2)23-17-11-20(12-18-23)19-28-21-13-15-22(16-14-21)29-27-30-25-10-8-7-9-24(25)26(31-27)32(3)4/h7-12,17-18,21-22,28H,5-6,13-16,19H2,1-4H3,(H,29,30,31)/t21-,22+. The lowest BCUT2D eigenvalue weighted by atomic mass is 9.91. The number of para-hydroxylation sites is 1. The van der Waals surface area contributed by atoms with E-state index in [0.717, 1.165) is 55.1 Å². The van der Waals surface area contributed by atoms with Crippen molar-refractivity contribution >= 4 is 28.4 Å². The first-order valence-electron chi connectivity index (χ1n) is 12.3. The van der Waals surface area contributed by atoms with Crippen molar-refractivity contribution in [1.29, 1.82) is 0 Å². The number of nitrogens with one attached hydrogen (secondary N) is 2. The van der Waals surface area contributed by atoms with Gasteiger partial charge in [0, 0.05) is 56.9 Å². The first-order valence-corrected chi connectivity index (χ1v) is 12.3. The highest BCUT2D eigenvalue weighted by Gasteiger charge is 2.22. The second-order valence-corrected chi connectivity index (χ2v) is 9.19. The van der Waals surface area contributed by atoms with Crippen LogP contribution in [0.25, 0.3) is 10.9 Å². The summed E-state index contributed by atoms with van der Waals surface area (Å²) in [4.78, 5) is 14.0. The molecule has 1 fully saturated rings. The van der Waals surface area contributed by atoms with Gasteiger partial charge < -0.3 is 20.4 Å². The van der Waals surface area contributed by atoms with Crippen LogP contribution in [-0.2, 0) is 6.54 Å². The Morgan fingerprint density at radius 1 is 0.848 bits per heavy atom. The molecular weight excluding hydrogens is 408 g/mol. The minimum Gasteiger partial charge on any atom is -0.372 e. The van der Waals surface area contributed by atoms with E-state index in [1.807, 2.05) is 26.2 Å². The summed E-state index contributed by atoms with van der Waals surface area (Å²) in [6.45, 7) is 7.44. The molecule has 0 amide bonds. The van der Waals surface area contributed by atoms with Gasteiger partial charge in [0.15, 0.2) is 0 Å². The van der Waals surface area contributed by atoms with E-state index in [2.05, 4.69) is 70.7 Å². The summed E-state index contributed by atoms with van der Waals surface area (Å²) in [6, 6.07) is 18.2. The van der Waals surface area contributed by atoms with Crippen LogP contribution in [0.5, 0.6) is 0 Å². The van der Waals surface area contributed by atoms with Gasteiger partial charge in [-0.2, -0.15) is 4.98 Å². The van der Waals surface area contributed by atoms with Gasteiger partial charge in [0.1, 0.15) is 5.82 Å². The second kappa shape index (κ2) is 10.8. The number of nitrogens with zero attached hydrogens (tertiary/aromatic N) is 4. The van der Waals surface area contributed by atoms with Crippen molar-refractivity contribution in [2.75, 3.05) is 42.3 Å². The van der Waals surface area contributed by atoms with E-state index in [1.165, 1.54) is 24.1 Å². The van der Waals surface area contributed by atoms with Crippen LogP contribution < -0.4 is 20.4 Å². The van der Waals surface area contributed by atoms with Crippen molar-refractivity contribution < 1.29 is 0 Å². The average Bonchev–Trinajstić information content (AvgIpc) is 2.84. The molecule has 33 heavy (non-hydrogen) atoms. The van der Waals surface area contributed by atoms with E-state index in [-0.39, 0.29) is 0 Å². The van der Waals surface area contributed by atoms with Crippen molar-refractivity contribution in [3.8, 4) is 0 Å². The number of benzene rings is 2. The van der Waals surface area contributed by atoms with Crippen LogP contribution in [0.1, 0.15) is 45.1 Å². The van der Waals surface area contributed by atoms with Gasteiger partial charge in [-0.25, -0.2) is 4.98 Å². The molecule has 176 valence electrons. The number of anilines is 3. The second-order valence-electron chi connectivity index (χ2n) is 9.19. The van der Waals surface area contributed by atoms with Gasteiger partial charge in [0.2, 0.25) is 5.95 Å². The summed E-state index contributed by atoms with van der Waals surface area (Å²) in [5.74, 6) is 1.70. The third-order valence-electron chi connectivity index (χ3n) is 6.73. The third kappa shape index (κ3) is 5.74. The summed E-state index contributed by atoms with van der Waals surface area (Å²) in [7, 11) is 4.07. The number of hydrogen-bond acceptors (Lipinski definition) is 6. The first kappa shape index (κ1) is 23.3. The molecule has 1 saturated carbocycles. The molecule has 0 bridgehead atoms. The van der Waals surface area contributed by atoms with E-state index in [9.17, 15) is 0 Å². The van der Waals surface area contributed by atoms with Gasteiger partial charge >= 0.3 is 0 Å². The Bertz CT molecular complexity index is 1020. The lowest BCUT2D eigenvalue weighted by Gasteiger charge is -2.30. The highest BCUT2D eigenvalue weighted by atomic mass is 15.2. The monoisotopic (exact) mass is 446 g/mol. The van der Waals surface area contributed by atoms with Gasteiger partial charge in [-0.05, 0) is 69.4 Å². The minimum atomic E-state index is 0.424. The molecular formula is C27H38N6. The van der Waals surface area contributed by atoms with Crippen LogP contribution in [0.15, 0.2) is 48.5 Å². The van der Waals surface area contributed by atoms with Gasteiger partial charge in [-0.1, -0.05) is 24.3 Å². The van der Waals surface area contributed by atoms with Crippen molar-refractivity contribution in [1.82, 2.24) is 15.3 Å². The molecule has 1 aliphatic rings. The molecule has 6 heteroatoms. The maximum atomic E-state index is 4.81. The fourth-order valence-electron chi connectivity index (χ4n) is 4.77. The van der Waals surface area contributed by atoms with Crippen LogP contribution in [-0.4, -0.2) is 49.2 Å². The molecule has 3 aromatic rings. The molecule has 1 aliphatic carbocycles. The van der Waals surface area contributed by atoms with Gasteiger partial charge in [0.05, 0.1) is 5.52 Å². The van der Waals surface area contributed by atoms with Crippen molar-refractivity contribution in [3.05, 3.63) is 54.1 Å². The normalized spacial score (nSPS) is 18.3. The highest BCUT2D eigenvalue weighted by Crippen LogP contribution is 2.26. The summed E-state index contributed by atoms with van der Waals surface area (Å²) in [5, 5.41) is 8.47. The fraction of sp³-hybridized carbons (Fsp3) is 0.481. The van der Waals surface area contributed by atoms with Crippen molar-refractivity contribution in [3.63, 3.8) is 0 Å². The molecule has 1 heterocycles. The van der Waals surface area contributed by atoms with E-state index in [1.54, 1.807) is 0 Å². The minimum absolute atomic E-state index is 0.424. The van der Waals surface area contributed by atoms with Gasteiger partial charge in [-0.15, -0.1) is 0 Å². The summed E-state index contributed by atoms with van der Waals surface area (Å²) in [5.41, 5.74) is 3.65. The maximum Gasteiger partial charge on any atom is 0.225 e. The quantitative estimate of drug-likeness (QED) is 0.479. The van der Waals surface area contributed by atoms with Crippen LogP contribution in [0.3, 0.4) is 0 Å². The Hall–Kier alpha value is -2.86. The Morgan fingerprint density at radius 3 is 2.18 bits per heavy atom. The Labute approximate surface area is 198 Å². The molecule has 2 N–H and O–H groups in total. The fourth-order valence-corrected chi connectivity index (χ4v) is 4.77. The summed E-state index contributed by atoms with van der Waals surface area (Å²) in [6.07, 6.45) is 4.60.